The van der Waals surface area contributed by atoms with Crippen LogP contribution in [0.4, 0.5) is 14.6 Å². The maximum atomic E-state index is 12.6. The van der Waals surface area contributed by atoms with Gasteiger partial charge in [-0.3, -0.25) is 0 Å². The summed E-state index contributed by atoms with van der Waals surface area (Å²) in [6, 6.07) is 10.8. The number of anilines is 1. The van der Waals surface area contributed by atoms with Gasteiger partial charge in [0.2, 0.25) is 0 Å². The zero-order chi connectivity index (χ0) is 22.8. The topological polar surface area (TPSA) is 65.0 Å². The molecule has 2 N–H and O–H groups in total. The Labute approximate surface area is 188 Å². The average molecular weight is 447 g/mol. The number of para-hydroxylation sites is 1. The van der Waals surface area contributed by atoms with Crippen LogP contribution in [0.2, 0.25) is 0 Å². The maximum Gasteiger partial charge on any atom is 0.387 e. The Kier molecular flexibility index (Phi) is 9.03. The number of nitrogens with one attached hydrogen (secondary N) is 2. The molecule has 0 unspecified atom stereocenters. The molecule has 174 valence electrons. The van der Waals surface area contributed by atoms with Crippen LogP contribution in [-0.4, -0.2) is 61.7 Å². The van der Waals surface area contributed by atoms with Crippen LogP contribution in [0.3, 0.4) is 0 Å². The first-order chi connectivity index (χ1) is 15.6. The lowest BCUT2D eigenvalue weighted by atomic mass is 10.2. The van der Waals surface area contributed by atoms with Crippen molar-refractivity contribution in [2.24, 2.45) is 4.99 Å². The number of aliphatic imine (C=N–C) groups is 1. The van der Waals surface area contributed by atoms with Crippen molar-refractivity contribution in [3.63, 3.8) is 0 Å². The van der Waals surface area contributed by atoms with Crippen molar-refractivity contribution < 1.29 is 13.5 Å². The first-order valence-electron chi connectivity index (χ1n) is 11.1. The number of piperazine rings is 1. The molecule has 9 heteroatoms. The second-order valence-corrected chi connectivity index (χ2v) is 7.48. The molecule has 0 bridgehead atoms. The summed E-state index contributed by atoms with van der Waals surface area (Å²) in [6.07, 6.45) is 1.82. The fraction of sp³-hybridized carbons (Fsp3) is 0.478. The molecule has 0 atom stereocenters. The van der Waals surface area contributed by atoms with E-state index in [1.165, 1.54) is 6.07 Å². The van der Waals surface area contributed by atoms with Crippen molar-refractivity contribution >= 4 is 11.8 Å². The number of hydrogen-bond acceptors (Lipinski definition) is 5. The number of halogens is 2. The fourth-order valence-electron chi connectivity index (χ4n) is 3.58. The largest absolute Gasteiger partial charge is 0.434 e. The van der Waals surface area contributed by atoms with Crippen molar-refractivity contribution in [3.05, 3.63) is 53.7 Å². The monoisotopic (exact) mass is 446 g/mol. The van der Waals surface area contributed by atoms with Gasteiger partial charge in [0.1, 0.15) is 11.6 Å². The van der Waals surface area contributed by atoms with Gasteiger partial charge in [-0.2, -0.15) is 8.78 Å². The Bertz CT molecular complexity index is 871. The zero-order valence-corrected chi connectivity index (χ0v) is 18.7. The van der Waals surface area contributed by atoms with Crippen LogP contribution in [0.15, 0.2) is 47.6 Å². The Morgan fingerprint density at radius 3 is 2.62 bits per heavy atom. The molecule has 0 aliphatic carbocycles. The van der Waals surface area contributed by atoms with Crippen molar-refractivity contribution in [1.82, 2.24) is 20.5 Å². The molecule has 1 aromatic heterocycles. The van der Waals surface area contributed by atoms with Crippen LogP contribution in [-0.2, 0) is 13.1 Å². The lowest BCUT2D eigenvalue weighted by Gasteiger charge is -2.34. The number of benzene rings is 1. The molecule has 2 aromatic rings. The molecule has 2 heterocycles. The van der Waals surface area contributed by atoms with Crippen LogP contribution in [0.25, 0.3) is 0 Å². The SMILES string of the molecule is CCNC(=NCc1ccnc(N2CCN(CC)CC2)c1)NCc1ccccc1OC(F)F. The number of likely N-dealkylation sites (N-methyl/N-ethyl adjacent to an activating group) is 1. The minimum absolute atomic E-state index is 0.160. The maximum absolute atomic E-state index is 12.6. The van der Waals surface area contributed by atoms with Crippen molar-refractivity contribution in [3.8, 4) is 5.75 Å². The number of guanidine groups is 1. The molecular formula is C23H32F2N6O. The van der Waals surface area contributed by atoms with Crippen LogP contribution in [0.5, 0.6) is 5.75 Å². The number of ether oxygens (including phenoxy) is 1. The van der Waals surface area contributed by atoms with Gasteiger partial charge < -0.3 is 25.2 Å². The minimum atomic E-state index is -2.86. The molecule has 32 heavy (non-hydrogen) atoms. The molecular weight excluding hydrogens is 414 g/mol. The molecule has 1 aliphatic heterocycles. The van der Waals surface area contributed by atoms with Crippen LogP contribution >= 0.6 is 0 Å². The van der Waals surface area contributed by atoms with Gasteiger partial charge in [-0.25, -0.2) is 9.98 Å². The smallest absolute Gasteiger partial charge is 0.387 e. The number of pyridine rings is 1. The van der Waals surface area contributed by atoms with Crippen molar-refractivity contribution in [2.75, 3.05) is 44.2 Å². The van der Waals surface area contributed by atoms with Gasteiger partial charge in [0.15, 0.2) is 5.96 Å². The number of rotatable bonds is 9. The van der Waals surface area contributed by atoms with Crippen LogP contribution in [0.1, 0.15) is 25.0 Å². The van der Waals surface area contributed by atoms with E-state index >= 15 is 0 Å². The molecule has 1 fully saturated rings. The Morgan fingerprint density at radius 1 is 1.12 bits per heavy atom. The molecule has 1 aliphatic rings. The highest BCUT2D eigenvalue weighted by Gasteiger charge is 2.17. The summed E-state index contributed by atoms with van der Waals surface area (Å²) in [6.45, 7) is 7.90. The van der Waals surface area contributed by atoms with Gasteiger partial charge in [-0.05, 0) is 37.2 Å². The van der Waals surface area contributed by atoms with Gasteiger partial charge in [0, 0.05) is 51.0 Å². The Hall–Kier alpha value is -2.94. The van der Waals surface area contributed by atoms with Crippen molar-refractivity contribution in [1.29, 1.82) is 0 Å². The molecule has 1 aromatic carbocycles. The van der Waals surface area contributed by atoms with E-state index in [0.29, 0.717) is 31.2 Å². The van der Waals surface area contributed by atoms with Gasteiger partial charge in [0.05, 0.1) is 6.54 Å². The summed E-state index contributed by atoms with van der Waals surface area (Å²) in [7, 11) is 0. The van der Waals surface area contributed by atoms with E-state index in [9.17, 15) is 8.78 Å². The van der Waals surface area contributed by atoms with E-state index in [0.717, 1.165) is 44.1 Å². The van der Waals surface area contributed by atoms with Crippen LogP contribution in [0, 0.1) is 0 Å². The summed E-state index contributed by atoms with van der Waals surface area (Å²) in [5.74, 6) is 1.74. The Balaban J connectivity index is 1.62. The minimum Gasteiger partial charge on any atom is -0.434 e. The fourth-order valence-corrected chi connectivity index (χ4v) is 3.58. The average Bonchev–Trinajstić information content (AvgIpc) is 2.81. The summed E-state index contributed by atoms with van der Waals surface area (Å²) in [5, 5.41) is 6.38. The highest BCUT2D eigenvalue weighted by Crippen LogP contribution is 2.20. The molecule has 0 radical (unpaired) electrons. The second-order valence-electron chi connectivity index (χ2n) is 7.48. The molecule has 1 saturated heterocycles. The molecule has 3 rings (SSSR count). The van der Waals surface area contributed by atoms with Gasteiger partial charge in [-0.15, -0.1) is 0 Å². The normalized spacial score (nSPS) is 15.2. The first kappa shape index (κ1) is 23.7. The third-order valence-electron chi connectivity index (χ3n) is 5.35. The van der Waals surface area contributed by atoms with Crippen molar-refractivity contribution in [2.45, 2.75) is 33.5 Å². The highest BCUT2D eigenvalue weighted by atomic mass is 19.3. The predicted molar refractivity (Wildman–Crippen MR) is 123 cm³/mol. The second kappa shape index (κ2) is 12.2. The van der Waals surface area contributed by atoms with E-state index in [1.54, 1.807) is 18.2 Å². The van der Waals surface area contributed by atoms with E-state index < -0.39 is 6.61 Å². The standard InChI is InChI=1S/C23H32F2N6O/c1-3-26-23(29-17-19-7-5-6-8-20(19)32-22(24)25)28-16-18-9-10-27-21(15-18)31-13-11-30(4-2)12-14-31/h5-10,15,22H,3-4,11-14,16-17H2,1-2H3,(H2,26,28,29). The van der Waals surface area contributed by atoms with Gasteiger partial charge >= 0.3 is 6.61 Å². The molecule has 7 nitrogen and oxygen atoms in total. The number of aromatic nitrogens is 1. The molecule has 0 amide bonds. The third kappa shape index (κ3) is 7.05. The molecule has 0 saturated carbocycles. The quantitative estimate of drug-likeness (QED) is 0.456. The summed E-state index contributed by atoms with van der Waals surface area (Å²) in [5.41, 5.74) is 1.70. The summed E-state index contributed by atoms with van der Waals surface area (Å²) < 4.78 is 29.9. The number of hydrogen-bond donors (Lipinski definition) is 2. The lowest BCUT2D eigenvalue weighted by molar-refractivity contribution is -0.0504. The predicted octanol–water partition coefficient (Wildman–Crippen LogP) is 3.08. The van der Waals surface area contributed by atoms with E-state index in [-0.39, 0.29) is 5.75 Å². The number of alkyl halides is 2. The van der Waals surface area contributed by atoms with E-state index in [2.05, 4.69) is 48.1 Å². The van der Waals surface area contributed by atoms with Gasteiger partial charge in [0.25, 0.3) is 0 Å². The Morgan fingerprint density at radius 2 is 1.91 bits per heavy atom. The number of nitrogens with zero attached hydrogens (tertiary/aromatic N) is 4. The lowest BCUT2D eigenvalue weighted by Crippen LogP contribution is -2.46. The highest BCUT2D eigenvalue weighted by molar-refractivity contribution is 5.79. The summed E-state index contributed by atoms with van der Waals surface area (Å²) >= 11 is 0. The molecule has 0 spiro atoms. The van der Waals surface area contributed by atoms with E-state index in [4.69, 9.17) is 0 Å². The zero-order valence-electron chi connectivity index (χ0n) is 18.7. The summed E-state index contributed by atoms with van der Waals surface area (Å²) in [4.78, 5) is 13.9. The van der Waals surface area contributed by atoms with Crippen LogP contribution < -0.4 is 20.3 Å². The third-order valence-corrected chi connectivity index (χ3v) is 5.35. The van der Waals surface area contributed by atoms with E-state index in [1.807, 2.05) is 19.2 Å². The van der Waals surface area contributed by atoms with Gasteiger partial charge in [-0.1, -0.05) is 25.1 Å². The first-order valence-corrected chi connectivity index (χ1v) is 11.1.